The van der Waals surface area contributed by atoms with Crippen molar-refractivity contribution in [3.05, 3.63) is 28.8 Å². The molecule has 0 aliphatic heterocycles. The molecule has 3 heteroatoms. The van der Waals surface area contributed by atoms with E-state index in [1.165, 1.54) is 0 Å². The van der Waals surface area contributed by atoms with E-state index in [2.05, 4.69) is 5.32 Å². The molecule has 1 aromatic rings. The number of aryl methyl sites for hydroxylation is 1. The minimum absolute atomic E-state index is 0.287. The van der Waals surface area contributed by atoms with Crippen molar-refractivity contribution in [1.29, 1.82) is 0 Å². The Kier molecular flexibility index (Phi) is 4.23. The molecular weight excluding hydrogens is 198 g/mol. The van der Waals surface area contributed by atoms with Gasteiger partial charge >= 0.3 is 0 Å². The lowest BCUT2D eigenvalue weighted by Crippen LogP contribution is -2.18. The van der Waals surface area contributed by atoms with E-state index < -0.39 is 0 Å². The standard InChI is InChI=1S/C11H16ClNO/c1-3-10(14)7-13-11-5-4-9(12)6-8(11)2/h4-6,10,13-14H,3,7H2,1-2H3. The van der Waals surface area contributed by atoms with Crippen molar-refractivity contribution in [3.63, 3.8) is 0 Å². The molecule has 0 heterocycles. The van der Waals surface area contributed by atoms with E-state index in [4.69, 9.17) is 11.6 Å². The van der Waals surface area contributed by atoms with Crippen LogP contribution in [-0.2, 0) is 0 Å². The van der Waals surface area contributed by atoms with Gasteiger partial charge in [-0.2, -0.15) is 0 Å². The van der Waals surface area contributed by atoms with E-state index in [0.717, 1.165) is 22.7 Å². The first kappa shape index (κ1) is 11.3. The van der Waals surface area contributed by atoms with Gasteiger partial charge < -0.3 is 10.4 Å². The normalized spacial score (nSPS) is 12.6. The Bertz CT molecular complexity index is 301. The predicted octanol–water partition coefficient (Wildman–Crippen LogP) is 2.83. The highest BCUT2D eigenvalue weighted by molar-refractivity contribution is 6.30. The highest BCUT2D eigenvalue weighted by Crippen LogP contribution is 2.19. The summed E-state index contributed by atoms with van der Waals surface area (Å²) in [4.78, 5) is 0. The molecule has 0 saturated carbocycles. The maximum Gasteiger partial charge on any atom is 0.0709 e. The zero-order valence-electron chi connectivity index (χ0n) is 8.55. The summed E-state index contributed by atoms with van der Waals surface area (Å²) in [6.07, 6.45) is 0.477. The largest absolute Gasteiger partial charge is 0.391 e. The highest BCUT2D eigenvalue weighted by Gasteiger charge is 2.02. The zero-order valence-corrected chi connectivity index (χ0v) is 9.30. The van der Waals surface area contributed by atoms with Crippen molar-refractivity contribution in [3.8, 4) is 0 Å². The minimum Gasteiger partial charge on any atom is -0.391 e. The van der Waals surface area contributed by atoms with Crippen LogP contribution in [0, 0.1) is 6.92 Å². The summed E-state index contributed by atoms with van der Waals surface area (Å²) in [5.41, 5.74) is 2.13. The maximum absolute atomic E-state index is 9.38. The first-order valence-corrected chi connectivity index (χ1v) is 5.19. The maximum atomic E-state index is 9.38. The van der Waals surface area contributed by atoms with Crippen molar-refractivity contribution in [1.82, 2.24) is 0 Å². The fourth-order valence-corrected chi connectivity index (χ4v) is 1.42. The number of anilines is 1. The van der Waals surface area contributed by atoms with Crippen molar-refractivity contribution < 1.29 is 5.11 Å². The van der Waals surface area contributed by atoms with Crippen LogP contribution in [-0.4, -0.2) is 17.8 Å². The van der Waals surface area contributed by atoms with Crippen LogP contribution in [0.3, 0.4) is 0 Å². The molecular formula is C11H16ClNO. The van der Waals surface area contributed by atoms with Crippen LogP contribution in [0.25, 0.3) is 0 Å². The summed E-state index contributed by atoms with van der Waals surface area (Å²) in [6, 6.07) is 5.68. The monoisotopic (exact) mass is 213 g/mol. The Morgan fingerprint density at radius 2 is 2.21 bits per heavy atom. The molecule has 2 nitrogen and oxygen atoms in total. The van der Waals surface area contributed by atoms with E-state index in [0.29, 0.717) is 6.54 Å². The SMILES string of the molecule is CCC(O)CNc1ccc(Cl)cc1C. The van der Waals surface area contributed by atoms with Gasteiger partial charge in [0.1, 0.15) is 0 Å². The molecule has 1 unspecified atom stereocenters. The topological polar surface area (TPSA) is 32.3 Å². The number of rotatable bonds is 4. The summed E-state index contributed by atoms with van der Waals surface area (Å²) in [5, 5.41) is 13.3. The van der Waals surface area contributed by atoms with Crippen molar-refractivity contribution >= 4 is 17.3 Å². The number of benzene rings is 1. The highest BCUT2D eigenvalue weighted by atomic mass is 35.5. The first-order valence-electron chi connectivity index (χ1n) is 4.81. The average Bonchev–Trinajstić information content (AvgIpc) is 2.16. The lowest BCUT2D eigenvalue weighted by atomic mass is 10.2. The van der Waals surface area contributed by atoms with E-state index in [1.54, 1.807) is 0 Å². The molecule has 78 valence electrons. The van der Waals surface area contributed by atoms with Gasteiger partial charge in [0.05, 0.1) is 6.10 Å². The molecule has 0 fully saturated rings. The zero-order chi connectivity index (χ0) is 10.6. The van der Waals surface area contributed by atoms with Crippen molar-refractivity contribution in [2.45, 2.75) is 26.4 Å². The number of halogens is 1. The van der Waals surface area contributed by atoms with Crippen LogP contribution < -0.4 is 5.32 Å². The van der Waals surface area contributed by atoms with Gasteiger partial charge in [-0.25, -0.2) is 0 Å². The molecule has 2 N–H and O–H groups in total. The fourth-order valence-electron chi connectivity index (χ4n) is 1.20. The third-order valence-corrected chi connectivity index (χ3v) is 2.42. The summed E-state index contributed by atoms with van der Waals surface area (Å²) >= 11 is 5.83. The molecule has 0 aromatic heterocycles. The number of aliphatic hydroxyl groups is 1. The van der Waals surface area contributed by atoms with Crippen LogP contribution in [0.2, 0.25) is 5.02 Å². The fraction of sp³-hybridized carbons (Fsp3) is 0.455. The van der Waals surface area contributed by atoms with Crippen LogP contribution in [0.5, 0.6) is 0 Å². The molecule has 0 amide bonds. The second-order valence-corrected chi connectivity index (χ2v) is 3.84. The molecule has 0 bridgehead atoms. The second-order valence-electron chi connectivity index (χ2n) is 3.40. The molecule has 1 atom stereocenters. The van der Waals surface area contributed by atoms with Gasteiger partial charge in [-0.05, 0) is 37.1 Å². The molecule has 0 saturated heterocycles. The average molecular weight is 214 g/mol. The van der Waals surface area contributed by atoms with Crippen LogP contribution in [0.15, 0.2) is 18.2 Å². The third-order valence-electron chi connectivity index (χ3n) is 2.19. The molecule has 14 heavy (non-hydrogen) atoms. The van der Waals surface area contributed by atoms with E-state index in [9.17, 15) is 5.11 Å². The quantitative estimate of drug-likeness (QED) is 0.806. The second kappa shape index (κ2) is 5.23. The summed E-state index contributed by atoms with van der Waals surface area (Å²) in [7, 11) is 0. The first-order chi connectivity index (χ1) is 6.63. The third kappa shape index (κ3) is 3.20. The van der Waals surface area contributed by atoms with Gasteiger partial charge in [-0.1, -0.05) is 18.5 Å². The smallest absolute Gasteiger partial charge is 0.0709 e. The Morgan fingerprint density at radius 3 is 2.79 bits per heavy atom. The van der Waals surface area contributed by atoms with E-state index in [1.807, 2.05) is 32.0 Å². The number of hydrogen-bond donors (Lipinski definition) is 2. The Morgan fingerprint density at radius 1 is 1.50 bits per heavy atom. The van der Waals surface area contributed by atoms with Gasteiger partial charge in [0, 0.05) is 17.3 Å². The predicted molar refractivity (Wildman–Crippen MR) is 61.0 cm³/mol. The summed E-state index contributed by atoms with van der Waals surface area (Å²) < 4.78 is 0. The minimum atomic E-state index is -0.287. The number of nitrogens with one attached hydrogen (secondary N) is 1. The number of hydrogen-bond acceptors (Lipinski definition) is 2. The van der Waals surface area contributed by atoms with Gasteiger partial charge in [0.2, 0.25) is 0 Å². The van der Waals surface area contributed by atoms with Crippen LogP contribution >= 0.6 is 11.6 Å². The summed E-state index contributed by atoms with van der Waals surface area (Å²) in [6.45, 7) is 4.53. The summed E-state index contributed by atoms with van der Waals surface area (Å²) in [5.74, 6) is 0. The molecule has 0 radical (unpaired) electrons. The Balaban J connectivity index is 2.59. The van der Waals surface area contributed by atoms with Gasteiger partial charge in [-0.15, -0.1) is 0 Å². The van der Waals surface area contributed by atoms with Crippen LogP contribution in [0.4, 0.5) is 5.69 Å². The van der Waals surface area contributed by atoms with Crippen LogP contribution in [0.1, 0.15) is 18.9 Å². The van der Waals surface area contributed by atoms with E-state index >= 15 is 0 Å². The number of aliphatic hydroxyl groups excluding tert-OH is 1. The molecule has 0 aliphatic carbocycles. The van der Waals surface area contributed by atoms with E-state index in [-0.39, 0.29) is 6.10 Å². The van der Waals surface area contributed by atoms with Gasteiger partial charge in [0.15, 0.2) is 0 Å². The molecule has 1 aromatic carbocycles. The lowest BCUT2D eigenvalue weighted by Gasteiger charge is -2.12. The van der Waals surface area contributed by atoms with Crippen molar-refractivity contribution in [2.75, 3.05) is 11.9 Å². The lowest BCUT2D eigenvalue weighted by molar-refractivity contribution is 0.183. The molecule has 0 spiro atoms. The Labute approximate surface area is 89.9 Å². The molecule has 0 aliphatic rings. The molecule has 1 rings (SSSR count). The van der Waals surface area contributed by atoms with Gasteiger partial charge in [-0.3, -0.25) is 0 Å². The van der Waals surface area contributed by atoms with Crippen molar-refractivity contribution in [2.24, 2.45) is 0 Å². The van der Waals surface area contributed by atoms with Gasteiger partial charge in [0.25, 0.3) is 0 Å². The Hall–Kier alpha value is -0.730.